The maximum absolute atomic E-state index is 9.84. The molecule has 1 N–H and O–H groups in total. The van der Waals surface area contributed by atoms with Gasteiger partial charge in [0.1, 0.15) is 11.6 Å². The first-order valence-corrected chi connectivity index (χ1v) is 11.2. The Balaban J connectivity index is 1.33. The Hall–Kier alpha value is -2.05. The highest BCUT2D eigenvalue weighted by atomic mass is 16.3. The number of aromatic nitrogens is 3. The van der Waals surface area contributed by atoms with Crippen LogP contribution in [-0.4, -0.2) is 57.2 Å². The molecule has 1 unspecified atom stereocenters. The molecule has 2 aromatic heterocycles. The van der Waals surface area contributed by atoms with Gasteiger partial charge in [-0.3, -0.25) is 9.88 Å². The van der Waals surface area contributed by atoms with Crippen LogP contribution in [0.25, 0.3) is 0 Å². The second-order valence-corrected chi connectivity index (χ2v) is 9.48. The van der Waals surface area contributed by atoms with Gasteiger partial charge in [-0.2, -0.15) is 0 Å². The lowest BCUT2D eigenvalue weighted by Gasteiger charge is -2.41. The number of rotatable bonds is 4. The molecule has 0 bridgehead atoms. The average molecular weight is 392 g/mol. The minimum atomic E-state index is -0.205. The summed E-state index contributed by atoms with van der Waals surface area (Å²) in [6.07, 6.45) is 8.81. The van der Waals surface area contributed by atoms with Crippen molar-refractivity contribution in [3.8, 4) is 0 Å². The molecule has 3 fully saturated rings. The Morgan fingerprint density at radius 1 is 1.14 bits per heavy atom. The van der Waals surface area contributed by atoms with Gasteiger partial charge in [0.25, 0.3) is 0 Å². The van der Waals surface area contributed by atoms with E-state index in [0.717, 1.165) is 43.4 Å². The summed E-state index contributed by atoms with van der Waals surface area (Å²) < 4.78 is 0. The Morgan fingerprint density at radius 3 is 2.79 bits per heavy atom. The molecular formula is C23H29N5O. The lowest BCUT2D eigenvalue weighted by molar-refractivity contribution is 0.135. The summed E-state index contributed by atoms with van der Waals surface area (Å²) in [7, 11) is 0. The summed E-state index contributed by atoms with van der Waals surface area (Å²) in [5.41, 5.74) is 4.00. The van der Waals surface area contributed by atoms with Crippen LogP contribution in [0.15, 0.2) is 24.4 Å². The minimum Gasteiger partial charge on any atom is -0.389 e. The lowest BCUT2D eigenvalue weighted by atomic mass is 9.77. The van der Waals surface area contributed by atoms with Crippen LogP contribution in [-0.2, 0) is 18.4 Å². The average Bonchev–Trinajstić information content (AvgIpc) is 3.51. The van der Waals surface area contributed by atoms with Gasteiger partial charge in [0.05, 0.1) is 17.5 Å². The molecule has 4 heterocycles. The highest BCUT2D eigenvalue weighted by Crippen LogP contribution is 2.49. The van der Waals surface area contributed by atoms with E-state index in [1.54, 1.807) is 0 Å². The van der Waals surface area contributed by atoms with Crippen LogP contribution in [0, 0.1) is 0 Å². The first-order valence-electron chi connectivity index (χ1n) is 11.2. The van der Waals surface area contributed by atoms with Crippen molar-refractivity contribution >= 4 is 5.82 Å². The third kappa shape index (κ3) is 3.13. The van der Waals surface area contributed by atoms with Crippen LogP contribution in [0.1, 0.15) is 60.8 Å². The highest BCUT2D eigenvalue weighted by molar-refractivity contribution is 5.56. The molecule has 4 aliphatic rings. The van der Waals surface area contributed by atoms with Gasteiger partial charge in [0, 0.05) is 49.3 Å². The van der Waals surface area contributed by atoms with Crippen LogP contribution >= 0.6 is 0 Å². The van der Waals surface area contributed by atoms with Crippen LogP contribution in [0.2, 0.25) is 0 Å². The molecule has 0 radical (unpaired) electrons. The van der Waals surface area contributed by atoms with Gasteiger partial charge in [-0.15, -0.1) is 0 Å². The van der Waals surface area contributed by atoms with Crippen molar-refractivity contribution in [1.29, 1.82) is 0 Å². The van der Waals surface area contributed by atoms with Crippen molar-refractivity contribution in [2.24, 2.45) is 0 Å². The second-order valence-electron chi connectivity index (χ2n) is 9.48. The maximum Gasteiger partial charge on any atom is 0.135 e. The molecule has 2 aliphatic carbocycles. The van der Waals surface area contributed by atoms with Crippen LogP contribution < -0.4 is 4.90 Å². The monoisotopic (exact) mass is 391 g/mol. The number of pyridine rings is 1. The number of hydrogen-bond acceptors (Lipinski definition) is 6. The predicted octanol–water partition coefficient (Wildman–Crippen LogP) is 2.41. The fourth-order valence-corrected chi connectivity index (χ4v) is 5.53. The summed E-state index contributed by atoms with van der Waals surface area (Å²) in [6.45, 7) is 4.56. The largest absolute Gasteiger partial charge is 0.389 e. The Labute approximate surface area is 172 Å². The van der Waals surface area contributed by atoms with E-state index in [0.29, 0.717) is 19.0 Å². The van der Waals surface area contributed by atoms with E-state index in [1.807, 2.05) is 12.3 Å². The molecule has 29 heavy (non-hydrogen) atoms. The summed E-state index contributed by atoms with van der Waals surface area (Å²) >= 11 is 0. The molecule has 1 spiro atoms. The number of nitrogens with zero attached hydrogens (tertiary/aromatic N) is 5. The normalized spacial score (nSPS) is 27.3. The molecule has 0 aromatic carbocycles. The summed E-state index contributed by atoms with van der Waals surface area (Å²) in [6, 6.07) is 6.19. The molecule has 2 aliphatic heterocycles. The minimum absolute atomic E-state index is 0.160. The van der Waals surface area contributed by atoms with Gasteiger partial charge in [0.15, 0.2) is 0 Å². The predicted molar refractivity (Wildman–Crippen MR) is 111 cm³/mol. The van der Waals surface area contributed by atoms with Crippen LogP contribution in [0.4, 0.5) is 5.82 Å². The molecule has 152 valence electrons. The fraction of sp³-hybridized carbons (Fsp3) is 0.609. The van der Waals surface area contributed by atoms with Crippen molar-refractivity contribution in [2.75, 3.05) is 31.1 Å². The third-order valence-electron chi connectivity index (χ3n) is 7.23. The fourth-order valence-electron chi connectivity index (χ4n) is 5.53. The number of aliphatic hydroxyl groups is 1. The second kappa shape index (κ2) is 6.74. The van der Waals surface area contributed by atoms with E-state index in [1.165, 1.54) is 43.4 Å². The van der Waals surface area contributed by atoms with Gasteiger partial charge in [-0.25, -0.2) is 9.97 Å². The Bertz CT molecular complexity index is 909. The Morgan fingerprint density at radius 2 is 2.03 bits per heavy atom. The van der Waals surface area contributed by atoms with E-state index in [-0.39, 0.29) is 11.5 Å². The van der Waals surface area contributed by atoms with Gasteiger partial charge >= 0.3 is 0 Å². The number of likely N-dealkylation sites (tertiary alicyclic amines) is 1. The Kier molecular flexibility index (Phi) is 4.13. The molecule has 1 saturated carbocycles. The highest BCUT2D eigenvalue weighted by Gasteiger charge is 2.46. The smallest absolute Gasteiger partial charge is 0.135 e. The SMILES string of the molecule is OC1CN(c2nc(C3CC3)nc3c2CCC32CCCN(Cc3ccccn3)C2)C1. The topological polar surface area (TPSA) is 65.4 Å². The van der Waals surface area contributed by atoms with Crippen molar-refractivity contribution in [3.63, 3.8) is 0 Å². The lowest BCUT2D eigenvalue weighted by Crippen LogP contribution is -2.51. The summed E-state index contributed by atoms with van der Waals surface area (Å²) in [4.78, 5) is 19.6. The molecule has 1 atom stereocenters. The van der Waals surface area contributed by atoms with Crippen molar-refractivity contribution in [1.82, 2.24) is 19.9 Å². The molecule has 2 saturated heterocycles. The van der Waals surface area contributed by atoms with Gasteiger partial charge in [-0.05, 0) is 57.2 Å². The molecule has 6 rings (SSSR count). The van der Waals surface area contributed by atoms with Crippen molar-refractivity contribution in [2.45, 2.75) is 62.5 Å². The van der Waals surface area contributed by atoms with Crippen LogP contribution in [0.3, 0.4) is 0 Å². The number of anilines is 1. The molecule has 0 amide bonds. The summed E-state index contributed by atoms with van der Waals surface area (Å²) in [5, 5.41) is 9.84. The van der Waals surface area contributed by atoms with Crippen LogP contribution in [0.5, 0.6) is 0 Å². The zero-order valence-corrected chi connectivity index (χ0v) is 16.9. The number of β-amino-alcohol motifs (C(OH)–C–C–N with tert-alkyl or cyclic N) is 1. The van der Waals surface area contributed by atoms with E-state index < -0.39 is 0 Å². The standard InChI is InChI=1S/C23H29N5O/c29-18-13-28(14-18)22-19-7-9-23(20(19)25-21(26-22)16-5-6-16)8-3-11-27(15-23)12-17-4-1-2-10-24-17/h1-2,4,10,16,18,29H,3,5-9,11-15H2. The number of hydrogen-bond donors (Lipinski definition) is 1. The molecular weight excluding hydrogens is 362 g/mol. The van der Waals surface area contributed by atoms with E-state index in [9.17, 15) is 5.11 Å². The van der Waals surface area contributed by atoms with E-state index in [2.05, 4.69) is 26.9 Å². The van der Waals surface area contributed by atoms with Crippen molar-refractivity contribution in [3.05, 3.63) is 47.2 Å². The maximum atomic E-state index is 9.84. The number of aliphatic hydroxyl groups excluding tert-OH is 1. The molecule has 2 aromatic rings. The number of piperidine rings is 1. The number of fused-ring (bicyclic) bond motifs is 2. The third-order valence-corrected chi connectivity index (χ3v) is 7.23. The van der Waals surface area contributed by atoms with E-state index in [4.69, 9.17) is 9.97 Å². The quantitative estimate of drug-likeness (QED) is 0.864. The first kappa shape index (κ1) is 17.8. The van der Waals surface area contributed by atoms with Gasteiger partial charge in [-0.1, -0.05) is 6.07 Å². The van der Waals surface area contributed by atoms with Gasteiger partial charge in [0.2, 0.25) is 0 Å². The first-order chi connectivity index (χ1) is 14.2. The van der Waals surface area contributed by atoms with E-state index >= 15 is 0 Å². The zero-order valence-electron chi connectivity index (χ0n) is 16.9. The molecule has 6 heteroatoms. The zero-order chi connectivity index (χ0) is 19.4. The van der Waals surface area contributed by atoms with Gasteiger partial charge < -0.3 is 10.0 Å². The van der Waals surface area contributed by atoms with Crippen molar-refractivity contribution < 1.29 is 5.11 Å². The summed E-state index contributed by atoms with van der Waals surface area (Å²) in [5.74, 6) is 2.74. The molecule has 6 nitrogen and oxygen atoms in total.